The summed E-state index contributed by atoms with van der Waals surface area (Å²) >= 11 is 0. The van der Waals surface area contributed by atoms with Gasteiger partial charge in [-0.25, -0.2) is 13.6 Å². The van der Waals surface area contributed by atoms with Crippen LogP contribution in [0.25, 0.3) is 0 Å². The molecule has 1 fully saturated rings. The van der Waals surface area contributed by atoms with Gasteiger partial charge in [-0.3, -0.25) is 9.88 Å². The molecule has 8 heteroatoms. The van der Waals surface area contributed by atoms with Gasteiger partial charge in [0.25, 0.3) is 0 Å². The third-order valence-corrected chi connectivity index (χ3v) is 4.27. The van der Waals surface area contributed by atoms with Crippen LogP contribution in [-0.2, 0) is 6.54 Å². The van der Waals surface area contributed by atoms with Crippen molar-refractivity contribution in [3.8, 4) is 5.75 Å². The number of nitrogens with zero attached hydrogens (tertiary/aromatic N) is 3. The van der Waals surface area contributed by atoms with Crippen LogP contribution in [-0.4, -0.2) is 54.1 Å². The zero-order valence-corrected chi connectivity index (χ0v) is 14.4. The van der Waals surface area contributed by atoms with Crippen LogP contribution in [0.4, 0.5) is 19.3 Å². The number of carbonyl (C=O) groups is 1. The van der Waals surface area contributed by atoms with Gasteiger partial charge in [-0.15, -0.1) is 0 Å². The Morgan fingerprint density at radius 3 is 2.35 bits per heavy atom. The number of nitrogens with one attached hydrogen (secondary N) is 1. The second kappa shape index (κ2) is 8.09. The summed E-state index contributed by atoms with van der Waals surface area (Å²) in [4.78, 5) is 20.2. The molecule has 0 radical (unpaired) electrons. The fraction of sp³-hybridized carbons (Fsp3) is 0.333. The van der Waals surface area contributed by atoms with E-state index in [1.807, 2.05) is 12.1 Å². The first kappa shape index (κ1) is 18.1. The number of anilines is 1. The Morgan fingerprint density at radius 2 is 1.77 bits per heavy atom. The number of halogens is 2. The summed E-state index contributed by atoms with van der Waals surface area (Å²) in [6.45, 7) is 3.32. The number of aromatic nitrogens is 1. The highest BCUT2D eigenvalue weighted by molar-refractivity contribution is 5.89. The Hall–Kier alpha value is -2.74. The number of methoxy groups -OCH3 is 1. The van der Waals surface area contributed by atoms with E-state index in [4.69, 9.17) is 0 Å². The van der Waals surface area contributed by atoms with Crippen molar-refractivity contribution in [2.45, 2.75) is 6.54 Å². The number of piperazine rings is 1. The van der Waals surface area contributed by atoms with E-state index in [1.165, 1.54) is 12.7 Å². The SMILES string of the molecule is COc1c(F)cc(NC(=O)N2CCN(Cc3ccncc3)CC2)cc1F. The normalized spacial score (nSPS) is 15.0. The summed E-state index contributed by atoms with van der Waals surface area (Å²) in [7, 11) is 1.19. The highest BCUT2D eigenvalue weighted by Gasteiger charge is 2.22. The summed E-state index contributed by atoms with van der Waals surface area (Å²) < 4.78 is 32.1. The smallest absolute Gasteiger partial charge is 0.321 e. The number of amides is 2. The van der Waals surface area contributed by atoms with Crippen molar-refractivity contribution in [1.82, 2.24) is 14.8 Å². The molecule has 1 aromatic carbocycles. The average Bonchev–Trinajstić information content (AvgIpc) is 2.63. The number of hydrogen-bond acceptors (Lipinski definition) is 4. The van der Waals surface area contributed by atoms with Crippen molar-refractivity contribution >= 4 is 11.7 Å². The maximum absolute atomic E-state index is 13.7. The van der Waals surface area contributed by atoms with E-state index in [9.17, 15) is 13.6 Å². The molecule has 1 aliphatic heterocycles. The third kappa shape index (κ3) is 4.26. The second-order valence-corrected chi connectivity index (χ2v) is 6.02. The molecule has 1 aliphatic rings. The molecule has 2 amide bonds. The predicted molar refractivity (Wildman–Crippen MR) is 93.0 cm³/mol. The molecule has 1 N–H and O–H groups in total. The predicted octanol–water partition coefficient (Wildman–Crippen LogP) is 2.72. The molecule has 1 saturated heterocycles. The maximum atomic E-state index is 13.7. The van der Waals surface area contributed by atoms with Gasteiger partial charge in [0.05, 0.1) is 7.11 Å². The van der Waals surface area contributed by atoms with E-state index in [2.05, 4.69) is 19.9 Å². The molecule has 3 rings (SSSR count). The van der Waals surface area contributed by atoms with Crippen molar-refractivity contribution in [1.29, 1.82) is 0 Å². The highest BCUT2D eigenvalue weighted by Crippen LogP contribution is 2.25. The van der Waals surface area contributed by atoms with Gasteiger partial charge < -0.3 is 15.0 Å². The van der Waals surface area contributed by atoms with Crippen LogP contribution >= 0.6 is 0 Å². The summed E-state index contributed by atoms with van der Waals surface area (Å²) in [6.07, 6.45) is 3.51. The lowest BCUT2D eigenvalue weighted by molar-refractivity contribution is 0.143. The quantitative estimate of drug-likeness (QED) is 0.909. The van der Waals surface area contributed by atoms with Crippen LogP contribution in [0.15, 0.2) is 36.7 Å². The average molecular weight is 362 g/mol. The lowest BCUT2D eigenvalue weighted by atomic mass is 10.2. The van der Waals surface area contributed by atoms with Crippen molar-refractivity contribution in [3.63, 3.8) is 0 Å². The standard InChI is InChI=1S/C18H20F2N4O2/c1-26-17-15(19)10-14(11-16(17)20)22-18(25)24-8-6-23(7-9-24)12-13-2-4-21-5-3-13/h2-5,10-11H,6-9,12H2,1H3,(H,22,25). The first-order valence-electron chi connectivity index (χ1n) is 8.27. The molecule has 6 nitrogen and oxygen atoms in total. The zero-order chi connectivity index (χ0) is 18.5. The number of carbonyl (C=O) groups excluding carboxylic acids is 1. The van der Waals surface area contributed by atoms with E-state index in [0.717, 1.165) is 31.8 Å². The number of urea groups is 1. The minimum atomic E-state index is -0.857. The molecule has 0 saturated carbocycles. The number of hydrogen-bond donors (Lipinski definition) is 1. The zero-order valence-electron chi connectivity index (χ0n) is 14.4. The van der Waals surface area contributed by atoms with Crippen molar-refractivity contribution in [2.75, 3.05) is 38.6 Å². The number of rotatable bonds is 4. The summed E-state index contributed by atoms with van der Waals surface area (Å²) in [5.41, 5.74) is 1.23. The Morgan fingerprint density at radius 1 is 1.15 bits per heavy atom. The van der Waals surface area contributed by atoms with E-state index in [-0.39, 0.29) is 11.7 Å². The lowest BCUT2D eigenvalue weighted by Crippen LogP contribution is -2.49. The lowest BCUT2D eigenvalue weighted by Gasteiger charge is -2.34. The molecular formula is C18H20F2N4O2. The van der Waals surface area contributed by atoms with Gasteiger partial charge in [-0.05, 0) is 17.7 Å². The fourth-order valence-electron chi connectivity index (χ4n) is 2.89. The first-order valence-corrected chi connectivity index (χ1v) is 8.27. The van der Waals surface area contributed by atoms with Crippen molar-refractivity contribution in [3.05, 3.63) is 53.9 Å². The summed E-state index contributed by atoms with van der Waals surface area (Å²) in [5.74, 6) is -2.18. The Kier molecular flexibility index (Phi) is 5.62. The monoisotopic (exact) mass is 362 g/mol. The molecule has 0 spiro atoms. The number of benzene rings is 1. The maximum Gasteiger partial charge on any atom is 0.321 e. The summed E-state index contributed by atoms with van der Waals surface area (Å²) in [6, 6.07) is 5.63. The Labute approximate surface area is 150 Å². The highest BCUT2D eigenvalue weighted by atomic mass is 19.1. The van der Waals surface area contributed by atoms with Crippen molar-refractivity contribution in [2.24, 2.45) is 0 Å². The first-order chi connectivity index (χ1) is 12.6. The molecule has 2 aromatic rings. The Bertz CT molecular complexity index is 742. The van der Waals surface area contributed by atoms with Crippen LogP contribution in [0.3, 0.4) is 0 Å². The molecule has 0 bridgehead atoms. The van der Waals surface area contributed by atoms with Crippen LogP contribution in [0.2, 0.25) is 0 Å². The topological polar surface area (TPSA) is 57.7 Å². The minimum absolute atomic E-state index is 0.0602. The van der Waals surface area contributed by atoms with Gasteiger partial charge in [0.2, 0.25) is 0 Å². The second-order valence-electron chi connectivity index (χ2n) is 6.02. The molecule has 0 aliphatic carbocycles. The summed E-state index contributed by atoms with van der Waals surface area (Å²) in [5, 5.41) is 2.53. The van der Waals surface area contributed by atoms with Gasteiger partial charge in [-0.1, -0.05) is 0 Å². The molecule has 0 unspecified atom stereocenters. The van der Waals surface area contributed by atoms with E-state index < -0.39 is 17.4 Å². The molecule has 2 heterocycles. The number of ether oxygens (including phenoxy) is 1. The Balaban J connectivity index is 1.54. The van der Waals surface area contributed by atoms with E-state index in [0.29, 0.717) is 13.1 Å². The molecule has 0 atom stereocenters. The van der Waals surface area contributed by atoms with Gasteiger partial charge >= 0.3 is 6.03 Å². The fourth-order valence-corrected chi connectivity index (χ4v) is 2.89. The van der Waals surface area contributed by atoms with Crippen LogP contribution < -0.4 is 10.1 Å². The largest absolute Gasteiger partial charge is 0.491 e. The van der Waals surface area contributed by atoms with Crippen LogP contribution in [0.1, 0.15) is 5.56 Å². The van der Waals surface area contributed by atoms with E-state index >= 15 is 0 Å². The van der Waals surface area contributed by atoms with Gasteiger partial charge in [0.15, 0.2) is 17.4 Å². The van der Waals surface area contributed by atoms with Crippen LogP contribution in [0, 0.1) is 11.6 Å². The van der Waals surface area contributed by atoms with Crippen molar-refractivity contribution < 1.29 is 18.3 Å². The van der Waals surface area contributed by atoms with Gasteiger partial charge in [-0.2, -0.15) is 0 Å². The molecular weight excluding hydrogens is 342 g/mol. The van der Waals surface area contributed by atoms with Gasteiger partial charge in [0.1, 0.15) is 0 Å². The molecule has 1 aromatic heterocycles. The molecule has 138 valence electrons. The minimum Gasteiger partial charge on any atom is -0.491 e. The molecule has 26 heavy (non-hydrogen) atoms. The number of pyridine rings is 1. The van der Waals surface area contributed by atoms with Crippen LogP contribution in [0.5, 0.6) is 5.75 Å². The van der Waals surface area contributed by atoms with Gasteiger partial charge in [0, 0.05) is 62.9 Å². The third-order valence-electron chi connectivity index (χ3n) is 4.27. The van der Waals surface area contributed by atoms with E-state index in [1.54, 1.807) is 17.3 Å².